The highest BCUT2D eigenvalue weighted by Gasteiger charge is 2.16. The molecule has 0 fully saturated rings. The van der Waals surface area contributed by atoms with Crippen molar-refractivity contribution in [2.75, 3.05) is 34.0 Å². The third kappa shape index (κ3) is 3.88. The molecular formula is C24H23N5O3. The van der Waals surface area contributed by atoms with Crippen LogP contribution in [0.2, 0.25) is 0 Å². The third-order valence-electron chi connectivity index (χ3n) is 5.30. The summed E-state index contributed by atoms with van der Waals surface area (Å²) in [6, 6.07) is 17.1. The van der Waals surface area contributed by atoms with Gasteiger partial charge in [-0.25, -0.2) is 9.50 Å². The summed E-state index contributed by atoms with van der Waals surface area (Å²) < 4.78 is 12.7. The minimum atomic E-state index is -0.100. The average molecular weight is 429 g/mol. The molecule has 32 heavy (non-hydrogen) atoms. The van der Waals surface area contributed by atoms with Gasteiger partial charge in [-0.2, -0.15) is 5.10 Å². The van der Waals surface area contributed by atoms with E-state index in [4.69, 9.17) is 14.6 Å². The minimum Gasteiger partial charge on any atom is -0.454 e. The first-order chi connectivity index (χ1) is 15.6. The van der Waals surface area contributed by atoms with E-state index in [0.29, 0.717) is 17.9 Å². The molecule has 4 aromatic rings. The van der Waals surface area contributed by atoms with Gasteiger partial charge in [0.15, 0.2) is 17.1 Å². The Morgan fingerprint density at radius 2 is 1.94 bits per heavy atom. The Bertz CT molecular complexity index is 1300. The van der Waals surface area contributed by atoms with Gasteiger partial charge >= 0.3 is 0 Å². The van der Waals surface area contributed by atoms with E-state index >= 15 is 0 Å². The second kappa shape index (κ2) is 8.32. The molecule has 0 radical (unpaired) electrons. The first-order valence-corrected chi connectivity index (χ1v) is 10.4. The summed E-state index contributed by atoms with van der Waals surface area (Å²) in [5.41, 5.74) is 4.71. The number of hydrogen-bond donors (Lipinski definition) is 1. The van der Waals surface area contributed by atoms with Crippen LogP contribution in [0.3, 0.4) is 0 Å². The molecule has 0 spiro atoms. The molecule has 2 aromatic heterocycles. The molecule has 3 heterocycles. The number of nitrogens with zero attached hydrogens (tertiary/aromatic N) is 4. The number of hydrogen-bond acceptors (Lipinski definition) is 6. The Hall–Kier alpha value is -3.91. The Morgan fingerprint density at radius 1 is 1.06 bits per heavy atom. The highest BCUT2D eigenvalue weighted by Crippen LogP contribution is 2.35. The van der Waals surface area contributed by atoms with Crippen molar-refractivity contribution >= 4 is 11.6 Å². The number of likely N-dealkylation sites (N-methyl/N-ethyl adjacent to an activating group) is 1. The molecule has 5 rings (SSSR count). The topological polar surface area (TPSA) is 81.0 Å². The van der Waals surface area contributed by atoms with Gasteiger partial charge in [-0.3, -0.25) is 4.79 Å². The van der Waals surface area contributed by atoms with Crippen LogP contribution in [0.1, 0.15) is 10.4 Å². The largest absolute Gasteiger partial charge is 0.454 e. The molecule has 0 bridgehead atoms. The van der Waals surface area contributed by atoms with E-state index in [1.54, 1.807) is 10.7 Å². The summed E-state index contributed by atoms with van der Waals surface area (Å²) >= 11 is 0. The number of nitrogens with one attached hydrogen (secondary N) is 1. The number of rotatable bonds is 6. The van der Waals surface area contributed by atoms with E-state index in [9.17, 15) is 4.79 Å². The van der Waals surface area contributed by atoms with E-state index in [1.807, 2.05) is 73.6 Å². The molecule has 2 aromatic carbocycles. The van der Waals surface area contributed by atoms with E-state index in [2.05, 4.69) is 10.3 Å². The maximum Gasteiger partial charge on any atom is 0.251 e. The monoisotopic (exact) mass is 429 g/mol. The molecule has 1 amide bonds. The van der Waals surface area contributed by atoms with E-state index in [-0.39, 0.29) is 12.7 Å². The summed E-state index contributed by atoms with van der Waals surface area (Å²) in [6.45, 7) is 1.60. The standard InChI is InChI=1S/C24H23N5O3/c1-28(2)11-10-25-24(30)18-5-3-4-17(12-18)20-14-26-23-9-7-19(27-29(20)23)16-6-8-21-22(13-16)32-15-31-21/h3-9,12-14H,10-11,15H2,1-2H3,(H,25,30). The molecule has 1 N–H and O–H groups in total. The van der Waals surface area contributed by atoms with Crippen LogP contribution in [-0.4, -0.2) is 59.4 Å². The predicted molar refractivity (Wildman–Crippen MR) is 121 cm³/mol. The molecule has 8 heteroatoms. The Kier molecular flexibility index (Phi) is 5.20. The van der Waals surface area contributed by atoms with Gasteiger partial charge in [-0.05, 0) is 56.6 Å². The summed E-state index contributed by atoms with van der Waals surface area (Å²) in [4.78, 5) is 19.1. The van der Waals surface area contributed by atoms with Crippen LogP contribution in [0.4, 0.5) is 0 Å². The van der Waals surface area contributed by atoms with Gasteiger partial charge in [-0.1, -0.05) is 12.1 Å². The third-order valence-corrected chi connectivity index (χ3v) is 5.30. The summed E-state index contributed by atoms with van der Waals surface area (Å²) in [5, 5.41) is 7.75. The van der Waals surface area contributed by atoms with Crippen molar-refractivity contribution in [2.45, 2.75) is 0 Å². The summed E-state index contributed by atoms with van der Waals surface area (Å²) in [6.07, 6.45) is 1.77. The van der Waals surface area contributed by atoms with Crippen LogP contribution in [-0.2, 0) is 0 Å². The first-order valence-electron chi connectivity index (χ1n) is 10.4. The number of carbonyl (C=O) groups excluding carboxylic acids is 1. The fourth-order valence-electron chi connectivity index (χ4n) is 3.59. The fraction of sp³-hybridized carbons (Fsp3) is 0.208. The van der Waals surface area contributed by atoms with Crippen LogP contribution >= 0.6 is 0 Å². The minimum absolute atomic E-state index is 0.100. The zero-order chi connectivity index (χ0) is 22.1. The Balaban J connectivity index is 1.46. The number of carbonyl (C=O) groups is 1. The van der Waals surface area contributed by atoms with Gasteiger partial charge in [0.05, 0.1) is 17.6 Å². The summed E-state index contributed by atoms with van der Waals surface area (Å²) in [7, 11) is 3.95. The van der Waals surface area contributed by atoms with Gasteiger partial charge < -0.3 is 19.7 Å². The maximum atomic E-state index is 12.6. The Labute approximate surface area is 185 Å². The van der Waals surface area contributed by atoms with Gasteiger partial charge in [0.2, 0.25) is 6.79 Å². The lowest BCUT2D eigenvalue weighted by molar-refractivity contribution is 0.0951. The SMILES string of the molecule is CN(C)CCNC(=O)c1cccc(-c2cnc3ccc(-c4ccc5c(c4)OCO5)nn23)c1. The smallest absolute Gasteiger partial charge is 0.251 e. The average Bonchev–Trinajstić information content (AvgIpc) is 3.44. The Morgan fingerprint density at radius 3 is 2.81 bits per heavy atom. The second-order valence-corrected chi connectivity index (χ2v) is 7.84. The van der Waals surface area contributed by atoms with Crippen molar-refractivity contribution in [1.29, 1.82) is 0 Å². The van der Waals surface area contributed by atoms with E-state index in [1.165, 1.54) is 0 Å². The maximum absolute atomic E-state index is 12.6. The van der Waals surface area contributed by atoms with Gasteiger partial charge in [-0.15, -0.1) is 0 Å². The molecule has 0 unspecified atom stereocenters. The predicted octanol–water partition coefficient (Wildman–Crippen LogP) is 3.08. The number of amides is 1. The molecule has 162 valence electrons. The number of aromatic nitrogens is 3. The number of imidazole rings is 1. The van der Waals surface area contributed by atoms with Crippen molar-refractivity contribution in [3.05, 3.63) is 66.4 Å². The number of ether oxygens (including phenoxy) is 2. The molecule has 0 saturated heterocycles. The normalized spacial score (nSPS) is 12.5. The molecule has 1 aliphatic heterocycles. The van der Waals surface area contributed by atoms with Gasteiger partial charge in [0, 0.05) is 29.8 Å². The van der Waals surface area contributed by atoms with Crippen LogP contribution in [0, 0.1) is 0 Å². The van der Waals surface area contributed by atoms with Crippen LogP contribution in [0.25, 0.3) is 28.2 Å². The number of benzene rings is 2. The van der Waals surface area contributed by atoms with Crippen molar-refractivity contribution in [1.82, 2.24) is 24.8 Å². The van der Waals surface area contributed by atoms with Crippen molar-refractivity contribution in [2.24, 2.45) is 0 Å². The lowest BCUT2D eigenvalue weighted by atomic mass is 10.1. The highest BCUT2D eigenvalue weighted by atomic mass is 16.7. The van der Waals surface area contributed by atoms with Gasteiger partial charge in [0.25, 0.3) is 5.91 Å². The first kappa shape index (κ1) is 20.0. The second-order valence-electron chi connectivity index (χ2n) is 7.84. The lowest BCUT2D eigenvalue weighted by Gasteiger charge is -2.11. The lowest BCUT2D eigenvalue weighted by Crippen LogP contribution is -2.31. The zero-order valence-corrected chi connectivity index (χ0v) is 17.9. The fourth-order valence-corrected chi connectivity index (χ4v) is 3.59. The van der Waals surface area contributed by atoms with E-state index in [0.717, 1.165) is 40.5 Å². The van der Waals surface area contributed by atoms with Crippen LogP contribution in [0.5, 0.6) is 11.5 Å². The molecule has 0 aliphatic carbocycles. The molecule has 0 atom stereocenters. The van der Waals surface area contributed by atoms with Crippen molar-refractivity contribution in [3.8, 4) is 34.0 Å². The van der Waals surface area contributed by atoms with Crippen molar-refractivity contribution in [3.63, 3.8) is 0 Å². The molecule has 0 saturated carbocycles. The van der Waals surface area contributed by atoms with Gasteiger partial charge in [0.1, 0.15) is 0 Å². The quantitative estimate of drug-likeness (QED) is 0.507. The highest BCUT2D eigenvalue weighted by molar-refractivity contribution is 5.95. The molecular weight excluding hydrogens is 406 g/mol. The molecule has 1 aliphatic rings. The number of fused-ring (bicyclic) bond motifs is 2. The van der Waals surface area contributed by atoms with Crippen LogP contribution in [0.15, 0.2) is 60.8 Å². The van der Waals surface area contributed by atoms with Crippen LogP contribution < -0.4 is 14.8 Å². The van der Waals surface area contributed by atoms with E-state index < -0.39 is 0 Å². The zero-order valence-electron chi connectivity index (χ0n) is 17.9. The summed E-state index contributed by atoms with van der Waals surface area (Å²) in [5.74, 6) is 1.35. The van der Waals surface area contributed by atoms with Crippen molar-refractivity contribution < 1.29 is 14.3 Å². The molecule has 8 nitrogen and oxygen atoms in total.